The van der Waals surface area contributed by atoms with Crippen LogP contribution in [0.4, 0.5) is 0 Å². The van der Waals surface area contributed by atoms with Gasteiger partial charge in [0.15, 0.2) is 6.10 Å². The molecule has 0 saturated heterocycles. The molecule has 3 unspecified atom stereocenters. The fraction of sp³-hybridized carbons (Fsp3) is 0.562. The van der Waals surface area contributed by atoms with Crippen LogP contribution in [0.1, 0.15) is 43.8 Å². The van der Waals surface area contributed by atoms with Gasteiger partial charge in [-0.1, -0.05) is 49.6 Å². The van der Waals surface area contributed by atoms with Crippen molar-refractivity contribution >= 4 is 5.91 Å². The third-order valence-electron chi connectivity index (χ3n) is 3.88. The molecule has 3 atom stereocenters. The summed E-state index contributed by atoms with van der Waals surface area (Å²) in [5.74, 6) is -0.176. The molecule has 0 radical (unpaired) electrons. The van der Waals surface area contributed by atoms with E-state index in [9.17, 15) is 9.90 Å². The highest BCUT2D eigenvalue weighted by atomic mass is 16.5. The summed E-state index contributed by atoms with van der Waals surface area (Å²) in [6.07, 6.45) is 3.72. The summed E-state index contributed by atoms with van der Waals surface area (Å²) in [5, 5.41) is 13.0. The maximum atomic E-state index is 12.4. The Bertz CT molecular complexity index is 421. The first-order valence-corrected chi connectivity index (χ1v) is 7.28. The quantitative estimate of drug-likeness (QED) is 0.829. The van der Waals surface area contributed by atoms with Gasteiger partial charge in [-0.05, 0) is 18.4 Å². The molecule has 2 rings (SSSR count). The number of hydrogen-bond acceptors (Lipinski definition) is 3. The molecule has 1 aliphatic rings. The van der Waals surface area contributed by atoms with Crippen LogP contribution >= 0.6 is 0 Å². The van der Waals surface area contributed by atoms with Gasteiger partial charge in [-0.3, -0.25) is 4.79 Å². The van der Waals surface area contributed by atoms with Crippen molar-refractivity contribution in [1.29, 1.82) is 0 Å². The lowest BCUT2D eigenvalue weighted by atomic mass is 10.0. The summed E-state index contributed by atoms with van der Waals surface area (Å²) in [6, 6.07) is 9.26. The Kier molecular flexibility index (Phi) is 5.56. The van der Waals surface area contributed by atoms with Crippen LogP contribution in [-0.4, -0.2) is 30.3 Å². The molecule has 20 heavy (non-hydrogen) atoms. The Labute approximate surface area is 120 Å². The van der Waals surface area contributed by atoms with E-state index >= 15 is 0 Å². The molecular formula is C16H23NO3. The monoisotopic (exact) mass is 277 g/mol. The topological polar surface area (TPSA) is 58.6 Å². The fourth-order valence-electron chi connectivity index (χ4n) is 2.74. The molecule has 1 amide bonds. The lowest BCUT2D eigenvalue weighted by Gasteiger charge is -2.24. The number of ether oxygens (including phenoxy) is 1. The van der Waals surface area contributed by atoms with Crippen molar-refractivity contribution in [1.82, 2.24) is 5.32 Å². The van der Waals surface area contributed by atoms with Crippen LogP contribution in [0, 0.1) is 0 Å². The summed E-state index contributed by atoms with van der Waals surface area (Å²) in [6.45, 7) is 0. The van der Waals surface area contributed by atoms with Crippen molar-refractivity contribution in [2.24, 2.45) is 0 Å². The number of carbonyl (C=O) groups excluding carboxylic acids is 1. The predicted molar refractivity (Wildman–Crippen MR) is 77.2 cm³/mol. The van der Waals surface area contributed by atoms with Gasteiger partial charge in [0.2, 0.25) is 0 Å². The molecule has 1 saturated carbocycles. The van der Waals surface area contributed by atoms with Crippen molar-refractivity contribution in [3.05, 3.63) is 35.9 Å². The summed E-state index contributed by atoms with van der Waals surface area (Å²) >= 11 is 0. The van der Waals surface area contributed by atoms with Gasteiger partial charge in [0.1, 0.15) is 0 Å². The van der Waals surface area contributed by atoms with Gasteiger partial charge < -0.3 is 15.2 Å². The van der Waals surface area contributed by atoms with Crippen LogP contribution in [-0.2, 0) is 9.53 Å². The van der Waals surface area contributed by atoms with Gasteiger partial charge in [-0.2, -0.15) is 0 Å². The largest absolute Gasteiger partial charge is 0.391 e. The zero-order valence-corrected chi connectivity index (χ0v) is 11.9. The molecule has 0 aliphatic heterocycles. The van der Waals surface area contributed by atoms with Crippen LogP contribution in [0.25, 0.3) is 0 Å². The Hall–Kier alpha value is -1.39. The molecule has 1 aromatic rings. The number of aliphatic hydroxyl groups is 1. The third-order valence-corrected chi connectivity index (χ3v) is 3.88. The van der Waals surface area contributed by atoms with E-state index in [-0.39, 0.29) is 11.9 Å². The number of hydrogen-bond donors (Lipinski definition) is 2. The number of methoxy groups -OCH3 is 1. The van der Waals surface area contributed by atoms with Crippen molar-refractivity contribution in [3.63, 3.8) is 0 Å². The molecule has 0 bridgehead atoms. The van der Waals surface area contributed by atoms with E-state index in [4.69, 9.17) is 4.74 Å². The second kappa shape index (κ2) is 7.41. The van der Waals surface area contributed by atoms with Gasteiger partial charge in [-0.25, -0.2) is 0 Å². The minimum atomic E-state index is -0.619. The van der Waals surface area contributed by atoms with E-state index < -0.39 is 12.2 Å². The van der Waals surface area contributed by atoms with E-state index in [0.29, 0.717) is 0 Å². The van der Waals surface area contributed by atoms with E-state index in [1.165, 1.54) is 7.11 Å². The maximum absolute atomic E-state index is 12.4. The lowest BCUT2D eigenvalue weighted by Crippen LogP contribution is -2.45. The molecule has 1 fully saturated rings. The molecule has 0 heterocycles. The number of rotatable bonds is 4. The Balaban J connectivity index is 2.02. The molecule has 1 aliphatic carbocycles. The Morgan fingerprint density at radius 2 is 1.95 bits per heavy atom. The lowest BCUT2D eigenvalue weighted by molar-refractivity contribution is -0.133. The maximum Gasteiger partial charge on any atom is 0.254 e. The van der Waals surface area contributed by atoms with Crippen molar-refractivity contribution in [2.75, 3.05) is 7.11 Å². The smallest absolute Gasteiger partial charge is 0.254 e. The third kappa shape index (κ3) is 3.81. The second-order valence-electron chi connectivity index (χ2n) is 5.35. The predicted octanol–water partition coefficient (Wildman–Crippen LogP) is 2.18. The normalized spacial score (nSPS) is 24.7. The highest BCUT2D eigenvalue weighted by Gasteiger charge is 2.27. The molecular weight excluding hydrogens is 254 g/mol. The zero-order valence-electron chi connectivity index (χ0n) is 11.9. The molecule has 0 spiro atoms. The molecule has 4 nitrogen and oxygen atoms in total. The van der Waals surface area contributed by atoms with Gasteiger partial charge in [0, 0.05) is 7.11 Å². The van der Waals surface area contributed by atoms with Crippen molar-refractivity contribution < 1.29 is 14.6 Å². The van der Waals surface area contributed by atoms with E-state index in [1.807, 2.05) is 30.3 Å². The van der Waals surface area contributed by atoms with Gasteiger partial charge in [-0.15, -0.1) is 0 Å². The first-order valence-electron chi connectivity index (χ1n) is 7.28. The standard InChI is InChI=1S/C16H23NO3/c1-20-15(12-8-4-2-5-9-12)16(19)17-13-10-6-3-7-11-14(13)18/h2,4-5,8-9,13-15,18H,3,6-7,10-11H2,1H3,(H,17,19). The van der Waals surface area contributed by atoms with Crippen LogP contribution in [0.2, 0.25) is 0 Å². The summed E-state index contributed by atoms with van der Waals surface area (Å²) in [4.78, 5) is 12.4. The molecule has 1 aromatic carbocycles. The van der Waals surface area contributed by atoms with Crippen LogP contribution in [0.15, 0.2) is 30.3 Å². The number of benzene rings is 1. The Morgan fingerprint density at radius 3 is 2.65 bits per heavy atom. The van der Waals surface area contributed by atoms with Gasteiger partial charge >= 0.3 is 0 Å². The Morgan fingerprint density at radius 1 is 1.25 bits per heavy atom. The van der Waals surface area contributed by atoms with Gasteiger partial charge in [0.05, 0.1) is 12.1 Å². The van der Waals surface area contributed by atoms with E-state index in [0.717, 1.165) is 37.7 Å². The first kappa shape index (κ1) is 15.0. The van der Waals surface area contributed by atoms with Crippen LogP contribution < -0.4 is 5.32 Å². The second-order valence-corrected chi connectivity index (χ2v) is 5.35. The number of nitrogens with one attached hydrogen (secondary N) is 1. The highest BCUT2D eigenvalue weighted by molar-refractivity contribution is 5.82. The van der Waals surface area contributed by atoms with E-state index in [2.05, 4.69) is 5.32 Å². The molecule has 2 N–H and O–H groups in total. The average molecular weight is 277 g/mol. The van der Waals surface area contributed by atoms with Crippen LogP contribution in [0.5, 0.6) is 0 Å². The highest BCUT2D eigenvalue weighted by Crippen LogP contribution is 2.21. The number of amides is 1. The molecule has 4 heteroatoms. The fourth-order valence-corrected chi connectivity index (χ4v) is 2.74. The first-order chi connectivity index (χ1) is 9.72. The number of aliphatic hydroxyl groups excluding tert-OH is 1. The van der Waals surface area contributed by atoms with Crippen LogP contribution in [0.3, 0.4) is 0 Å². The summed E-state index contributed by atoms with van der Waals surface area (Å²) < 4.78 is 5.31. The van der Waals surface area contributed by atoms with E-state index in [1.54, 1.807) is 0 Å². The molecule has 110 valence electrons. The average Bonchev–Trinajstić information content (AvgIpc) is 2.66. The van der Waals surface area contributed by atoms with Gasteiger partial charge in [0.25, 0.3) is 5.91 Å². The summed E-state index contributed by atoms with van der Waals surface area (Å²) in [7, 11) is 1.53. The van der Waals surface area contributed by atoms with Crippen molar-refractivity contribution in [3.8, 4) is 0 Å². The SMILES string of the molecule is COC(C(=O)NC1CCCCCC1O)c1ccccc1. The summed E-state index contributed by atoms with van der Waals surface area (Å²) in [5.41, 5.74) is 0.829. The minimum absolute atomic E-state index is 0.161. The minimum Gasteiger partial charge on any atom is -0.391 e. The zero-order chi connectivity index (χ0) is 14.4. The number of carbonyl (C=O) groups is 1. The molecule has 0 aromatic heterocycles. The van der Waals surface area contributed by atoms with Crippen molar-refractivity contribution in [2.45, 2.75) is 50.4 Å².